The summed E-state index contributed by atoms with van der Waals surface area (Å²) in [6.07, 6.45) is 1.31. The van der Waals surface area contributed by atoms with Crippen molar-refractivity contribution in [2.24, 2.45) is 0 Å². The van der Waals surface area contributed by atoms with E-state index in [2.05, 4.69) is 0 Å². The van der Waals surface area contributed by atoms with Gasteiger partial charge in [0.05, 0.1) is 24.3 Å². The van der Waals surface area contributed by atoms with Crippen LogP contribution in [0.15, 0.2) is 58.3 Å². The molecular weight excluding hydrogens is 344 g/mol. The van der Waals surface area contributed by atoms with Crippen molar-refractivity contribution in [3.63, 3.8) is 0 Å². The summed E-state index contributed by atoms with van der Waals surface area (Å²) >= 11 is 0. The summed E-state index contributed by atoms with van der Waals surface area (Å²) in [5.41, 5.74) is 1.10. The van der Waals surface area contributed by atoms with E-state index in [1.165, 1.54) is 21.6 Å². The lowest BCUT2D eigenvalue weighted by Gasteiger charge is -2.12. The Kier molecular flexibility index (Phi) is 5.82. The number of fused-ring (bicyclic) bond motifs is 2. The number of esters is 2. The first-order valence-electron chi connectivity index (χ1n) is 7.62. The molecule has 124 valence electrons. The van der Waals surface area contributed by atoms with E-state index >= 15 is 0 Å². The van der Waals surface area contributed by atoms with Gasteiger partial charge in [-0.1, -0.05) is 45.9 Å². The highest BCUT2D eigenvalue weighted by Gasteiger charge is 2.17. The van der Waals surface area contributed by atoms with Gasteiger partial charge < -0.3 is 9.47 Å². The quantitative estimate of drug-likeness (QED) is 0.506. The molecule has 0 saturated heterocycles. The van der Waals surface area contributed by atoms with Crippen molar-refractivity contribution in [2.45, 2.75) is 22.6 Å². The van der Waals surface area contributed by atoms with Gasteiger partial charge in [-0.3, -0.25) is 0 Å². The van der Waals surface area contributed by atoms with Crippen LogP contribution < -0.4 is 0 Å². The highest BCUT2D eigenvalue weighted by molar-refractivity contribution is 8.76. The van der Waals surface area contributed by atoms with E-state index in [1.807, 2.05) is 36.4 Å². The molecule has 1 aliphatic heterocycles. The van der Waals surface area contributed by atoms with E-state index in [-0.39, 0.29) is 11.9 Å². The first kappa shape index (κ1) is 16.9. The second-order valence-corrected chi connectivity index (χ2v) is 7.35. The third-order valence-corrected chi connectivity index (χ3v) is 5.92. The Hall–Kier alpha value is -1.92. The van der Waals surface area contributed by atoms with E-state index in [4.69, 9.17) is 9.47 Å². The molecule has 0 N–H and O–H groups in total. The van der Waals surface area contributed by atoms with Crippen LogP contribution in [0.2, 0.25) is 0 Å². The Morgan fingerprint density at radius 1 is 0.667 bits per heavy atom. The summed E-state index contributed by atoms with van der Waals surface area (Å²) in [6, 6.07) is 14.7. The highest BCUT2D eigenvalue weighted by Crippen LogP contribution is 2.40. The van der Waals surface area contributed by atoms with E-state index in [0.29, 0.717) is 37.2 Å². The van der Waals surface area contributed by atoms with Gasteiger partial charge in [0, 0.05) is 9.79 Å². The van der Waals surface area contributed by atoms with Gasteiger partial charge >= 0.3 is 11.9 Å². The number of hydrogen-bond donors (Lipinski definition) is 0. The average Bonchev–Trinajstić information content (AvgIpc) is 2.62. The molecule has 1 heterocycles. The zero-order chi connectivity index (χ0) is 16.8. The van der Waals surface area contributed by atoms with Crippen molar-refractivity contribution in [1.82, 2.24) is 0 Å². The molecule has 0 unspecified atom stereocenters. The van der Waals surface area contributed by atoms with Gasteiger partial charge in [-0.25, -0.2) is 9.59 Å². The minimum Gasteiger partial charge on any atom is -0.462 e. The standard InChI is InChI=1S/C18H16O4S2/c19-17-13-7-1-3-9-15(13)23-24-16-10-4-2-8-14(16)18(20)22-12-6-5-11-21-17/h1-4,7-10H,5-6,11-12H2. The predicted octanol–water partition coefficient (Wildman–Crippen LogP) is 4.59. The molecule has 0 radical (unpaired) electrons. The number of carbonyl (C=O) groups excluding carboxylic acids is 2. The molecule has 2 aromatic rings. The molecule has 0 aromatic heterocycles. The molecule has 24 heavy (non-hydrogen) atoms. The van der Waals surface area contributed by atoms with Crippen molar-refractivity contribution in [1.29, 1.82) is 0 Å². The Bertz CT molecular complexity index is 682. The molecule has 0 saturated carbocycles. The molecule has 0 bridgehead atoms. The van der Waals surface area contributed by atoms with Crippen LogP contribution in [0.1, 0.15) is 33.6 Å². The highest BCUT2D eigenvalue weighted by atomic mass is 33.1. The van der Waals surface area contributed by atoms with Gasteiger partial charge in [0.1, 0.15) is 0 Å². The Morgan fingerprint density at radius 2 is 1.08 bits per heavy atom. The molecule has 4 nitrogen and oxygen atoms in total. The van der Waals surface area contributed by atoms with Crippen LogP contribution in [0.3, 0.4) is 0 Å². The number of benzene rings is 2. The minimum atomic E-state index is -0.318. The van der Waals surface area contributed by atoms with Crippen LogP contribution in [0.4, 0.5) is 0 Å². The molecule has 0 aliphatic carbocycles. The topological polar surface area (TPSA) is 52.6 Å². The van der Waals surface area contributed by atoms with Crippen molar-refractivity contribution < 1.29 is 19.1 Å². The summed E-state index contributed by atoms with van der Waals surface area (Å²) in [5.74, 6) is -0.637. The molecule has 3 rings (SSSR count). The molecule has 0 atom stereocenters. The maximum absolute atomic E-state index is 12.2. The molecule has 0 amide bonds. The van der Waals surface area contributed by atoms with Gasteiger partial charge in [-0.15, -0.1) is 0 Å². The molecule has 1 aliphatic rings. The predicted molar refractivity (Wildman–Crippen MR) is 94.4 cm³/mol. The molecule has 0 spiro atoms. The Labute approximate surface area is 148 Å². The summed E-state index contributed by atoms with van der Waals surface area (Å²) in [6.45, 7) is 0.637. The fourth-order valence-electron chi connectivity index (χ4n) is 2.20. The average molecular weight is 360 g/mol. The summed E-state index contributed by atoms with van der Waals surface area (Å²) < 4.78 is 10.6. The fraction of sp³-hybridized carbons (Fsp3) is 0.222. The largest absolute Gasteiger partial charge is 0.462 e. The molecule has 0 fully saturated rings. The second-order valence-electron chi connectivity index (χ2n) is 5.14. The van der Waals surface area contributed by atoms with Gasteiger partial charge in [0.15, 0.2) is 0 Å². The second kappa shape index (κ2) is 8.26. The third-order valence-electron chi connectivity index (χ3n) is 3.44. The first-order valence-corrected chi connectivity index (χ1v) is 9.77. The molecule has 2 aromatic carbocycles. The van der Waals surface area contributed by atoms with Crippen molar-refractivity contribution >= 4 is 33.5 Å². The number of cyclic esters (lactones) is 2. The van der Waals surface area contributed by atoms with E-state index in [9.17, 15) is 9.59 Å². The van der Waals surface area contributed by atoms with Crippen molar-refractivity contribution in [2.75, 3.05) is 13.2 Å². The number of ether oxygens (including phenoxy) is 2. The monoisotopic (exact) mass is 360 g/mol. The number of rotatable bonds is 0. The number of carbonyl (C=O) groups is 2. The smallest absolute Gasteiger partial charge is 0.339 e. The van der Waals surface area contributed by atoms with Crippen molar-refractivity contribution in [3.05, 3.63) is 59.7 Å². The van der Waals surface area contributed by atoms with Crippen LogP contribution >= 0.6 is 21.6 Å². The van der Waals surface area contributed by atoms with Crippen LogP contribution in [0.5, 0.6) is 0 Å². The molecular formula is C18H16O4S2. The number of hydrogen-bond acceptors (Lipinski definition) is 6. The van der Waals surface area contributed by atoms with Crippen LogP contribution in [0.25, 0.3) is 0 Å². The van der Waals surface area contributed by atoms with Gasteiger partial charge in [-0.05, 0) is 37.1 Å². The summed E-state index contributed by atoms with van der Waals surface area (Å²) in [7, 11) is 2.86. The van der Waals surface area contributed by atoms with Crippen molar-refractivity contribution in [3.8, 4) is 0 Å². The van der Waals surface area contributed by atoms with Gasteiger partial charge in [-0.2, -0.15) is 0 Å². The van der Waals surface area contributed by atoms with Crippen LogP contribution in [-0.4, -0.2) is 25.2 Å². The zero-order valence-corrected chi connectivity index (χ0v) is 14.5. The third kappa shape index (κ3) is 4.13. The van der Waals surface area contributed by atoms with Gasteiger partial charge in [0.2, 0.25) is 0 Å². The molecule has 6 heteroatoms. The lowest BCUT2D eigenvalue weighted by atomic mass is 10.2. The SMILES string of the molecule is O=C1OCCCCOC(=O)c2ccccc2SSc2ccccc21. The fourth-order valence-corrected chi connectivity index (χ4v) is 4.54. The minimum absolute atomic E-state index is 0.318. The first-order chi connectivity index (χ1) is 11.8. The Balaban J connectivity index is 1.91. The van der Waals surface area contributed by atoms with Crippen LogP contribution in [0, 0.1) is 0 Å². The van der Waals surface area contributed by atoms with E-state index < -0.39 is 0 Å². The normalized spacial score (nSPS) is 16.2. The van der Waals surface area contributed by atoms with Crippen LogP contribution in [-0.2, 0) is 9.47 Å². The van der Waals surface area contributed by atoms with E-state index in [0.717, 1.165) is 9.79 Å². The van der Waals surface area contributed by atoms with E-state index in [1.54, 1.807) is 12.1 Å². The summed E-state index contributed by atoms with van der Waals surface area (Å²) in [5, 5.41) is 0. The maximum Gasteiger partial charge on any atom is 0.339 e. The zero-order valence-electron chi connectivity index (χ0n) is 12.9. The lowest BCUT2D eigenvalue weighted by Crippen LogP contribution is -2.11. The Morgan fingerprint density at radius 3 is 1.54 bits per heavy atom. The maximum atomic E-state index is 12.2. The summed E-state index contributed by atoms with van der Waals surface area (Å²) in [4.78, 5) is 26.1. The van der Waals surface area contributed by atoms with Gasteiger partial charge in [0.25, 0.3) is 0 Å². The lowest BCUT2D eigenvalue weighted by molar-refractivity contribution is 0.0428.